The molecule has 0 fully saturated rings. The Balaban J connectivity index is 0.00000289. The summed E-state index contributed by atoms with van der Waals surface area (Å²) in [5, 5.41) is 2.94. The maximum atomic E-state index is 11.5. The number of pyridine rings is 1. The molecule has 1 amide bonds. The molecule has 0 bridgehead atoms. The van der Waals surface area contributed by atoms with Crippen LogP contribution in [0.2, 0.25) is 0 Å². The third-order valence-corrected chi connectivity index (χ3v) is 2.70. The molecule has 0 aliphatic heterocycles. The van der Waals surface area contributed by atoms with Crippen LogP contribution in [0.4, 0.5) is 0 Å². The second kappa shape index (κ2) is 9.09. The van der Waals surface area contributed by atoms with Crippen molar-refractivity contribution in [2.75, 3.05) is 6.54 Å². The average Bonchev–Trinajstić information content (AvgIpc) is 2.28. The summed E-state index contributed by atoms with van der Waals surface area (Å²) in [7, 11) is 0. The van der Waals surface area contributed by atoms with Gasteiger partial charge in [-0.3, -0.25) is 4.79 Å². The van der Waals surface area contributed by atoms with E-state index in [0.29, 0.717) is 12.3 Å². The normalized spacial score (nSPS) is 10.0. The van der Waals surface area contributed by atoms with E-state index in [1.165, 1.54) is 5.56 Å². The number of rotatable bonds is 6. The van der Waals surface area contributed by atoms with Crippen molar-refractivity contribution in [3.63, 3.8) is 0 Å². The second-order valence-corrected chi connectivity index (χ2v) is 4.90. The van der Waals surface area contributed by atoms with Crippen LogP contribution < -0.4 is 26.9 Å². The predicted molar refractivity (Wildman–Crippen MR) is 68.5 cm³/mol. The summed E-state index contributed by atoms with van der Waals surface area (Å²) in [6.07, 6.45) is 5.61. The van der Waals surface area contributed by atoms with Crippen LogP contribution >= 0.6 is 0 Å². The minimum Gasteiger partial charge on any atom is -1.00 e. The minimum atomic E-state index is 0. The van der Waals surface area contributed by atoms with E-state index in [1.807, 2.05) is 17.0 Å². The van der Waals surface area contributed by atoms with Gasteiger partial charge in [0, 0.05) is 18.7 Å². The molecule has 0 unspecified atom stereocenters. The fourth-order valence-electron chi connectivity index (χ4n) is 1.50. The number of hydrogen-bond donors (Lipinski definition) is 1. The number of nitrogens with one attached hydrogen (secondary N) is 1. The van der Waals surface area contributed by atoms with Gasteiger partial charge in [-0.15, -0.1) is 0 Å². The van der Waals surface area contributed by atoms with Crippen LogP contribution in [0.15, 0.2) is 24.5 Å². The Morgan fingerprint density at radius 2 is 1.94 bits per heavy atom. The van der Waals surface area contributed by atoms with E-state index in [4.69, 9.17) is 0 Å². The highest BCUT2D eigenvalue weighted by Crippen LogP contribution is 1.96. The molecule has 18 heavy (non-hydrogen) atoms. The van der Waals surface area contributed by atoms with Crippen LogP contribution in [0.3, 0.4) is 0 Å². The molecule has 0 aromatic carbocycles. The van der Waals surface area contributed by atoms with Crippen molar-refractivity contribution in [2.45, 2.75) is 40.2 Å². The number of halogens is 1. The van der Waals surface area contributed by atoms with Crippen LogP contribution in [0.1, 0.15) is 32.3 Å². The van der Waals surface area contributed by atoms with Gasteiger partial charge < -0.3 is 22.3 Å². The van der Waals surface area contributed by atoms with Crippen molar-refractivity contribution < 1.29 is 26.3 Å². The molecule has 1 rings (SSSR count). The Kier molecular flexibility index (Phi) is 8.63. The molecule has 1 heterocycles. The molecule has 0 saturated heterocycles. The van der Waals surface area contributed by atoms with Crippen molar-refractivity contribution in [1.29, 1.82) is 0 Å². The molecule has 1 aromatic rings. The molecule has 3 nitrogen and oxygen atoms in total. The van der Waals surface area contributed by atoms with E-state index in [0.717, 1.165) is 19.5 Å². The maximum Gasteiger partial charge on any atom is 0.226 e. The van der Waals surface area contributed by atoms with Crippen molar-refractivity contribution in [3.05, 3.63) is 30.1 Å². The van der Waals surface area contributed by atoms with Crippen LogP contribution in [0.5, 0.6) is 0 Å². The highest BCUT2D eigenvalue weighted by molar-refractivity contribution is 5.75. The van der Waals surface area contributed by atoms with Crippen LogP contribution in [-0.2, 0) is 11.3 Å². The SMILES string of the molecule is Cc1cc[n+](CCC(=O)NCCC(C)C)cc1.[Br-]. The summed E-state index contributed by atoms with van der Waals surface area (Å²) in [5.41, 5.74) is 1.24. The number of amides is 1. The van der Waals surface area contributed by atoms with E-state index in [2.05, 4.69) is 38.2 Å². The predicted octanol–water partition coefficient (Wildman–Crippen LogP) is -1.16. The number of carbonyl (C=O) groups is 1. The highest BCUT2D eigenvalue weighted by atomic mass is 79.9. The Labute approximate surface area is 120 Å². The van der Waals surface area contributed by atoms with Gasteiger partial charge in [0.25, 0.3) is 0 Å². The largest absolute Gasteiger partial charge is 1.00 e. The van der Waals surface area contributed by atoms with E-state index in [-0.39, 0.29) is 22.9 Å². The fraction of sp³-hybridized carbons (Fsp3) is 0.571. The molecular weight excluding hydrogens is 292 g/mol. The van der Waals surface area contributed by atoms with E-state index in [9.17, 15) is 4.79 Å². The Bertz CT molecular complexity index is 349. The molecule has 0 aliphatic rings. The van der Waals surface area contributed by atoms with E-state index >= 15 is 0 Å². The number of aryl methyl sites for hydroxylation is 2. The van der Waals surface area contributed by atoms with Crippen molar-refractivity contribution in [1.82, 2.24) is 5.32 Å². The molecule has 102 valence electrons. The first kappa shape index (κ1) is 17.1. The summed E-state index contributed by atoms with van der Waals surface area (Å²) in [5.74, 6) is 0.778. The van der Waals surface area contributed by atoms with Crippen LogP contribution in [-0.4, -0.2) is 12.5 Å². The van der Waals surface area contributed by atoms with Gasteiger partial charge in [0.2, 0.25) is 5.91 Å². The Hall–Kier alpha value is -0.900. The van der Waals surface area contributed by atoms with Gasteiger partial charge >= 0.3 is 0 Å². The summed E-state index contributed by atoms with van der Waals surface area (Å²) >= 11 is 0. The second-order valence-electron chi connectivity index (χ2n) is 4.90. The smallest absolute Gasteiger partial charge is 0.226 e. The molecule has 0 radical (unpaired) electrons. The minimum absolute atomic E-state index is 0. The summed E-state index contributed by atoms with van der Waals surface area (Å²) < 4.78 is 2.04. The van der Waals surface area contributed by atoms with Crippen molar-refractivity contribution >= 4 is 5.91 Å². The molecule has 1 N–H and O–H groups in total. The van der Waals surface area contributed by atoms with Gasteiger partial charge in [-0.1, -0.05) is 13.8 Å². The maximum absolute atomic E-state index is 11.5. The van der Waals surface area contributed by atoms with E-state index < -0.39 is 0 Å². The fourth-order valence-corrected chi connectivity index (χ4v) is 1.50. The number of hydrogen-bond acceptors (Lipinski definition) is 1. The topological polar surface area (TPSA) is 33.0 Å². The van der Waals surface area contributed by atoms with Gasteiger partial charge in [0.1, 0.15) is 0 Å². The molecule has 0 spiro atoms. The Morgan fingerprint density at radius 3 is 2.50 bits per heavy atom. The van der Waals surface area contributed by atoms with Gasteiger partial charge in [0.15, 0.2) is 18.9 Å². The molecule has 1 aromatic heterocycles. The number of carbonyl (C=O) groups excluding carboxylic acids is 1. The lowest BCUT2D eigenvalue weighted by molar-refractivity contribution is -0.695. The van der Waals surface area contributed by atoms with Gasteiger partial charge in [-0.25, -0.2) is 4.57 Å². The number of aromatic nitrogens is 1. The lowest BCUT2D eigenvalue weighted by Crippen LogP contribution is -3.00. The van der Waals surface area contributed by atoms with Gasteiger partial charge in [-0.2, -0.15) is 0 Å². The molecule has 4 heteroatoms. The first-order valence-corrected chi connectivity index (χ1v) is 6.30. The third kappa shape index (κ3) is 7.43. The molecular formula is C14H23BrN2O. The Morgan fingerprint density at radius 1 is 1.33 bits per heavy atom. The van der Waals surface area contributed by atoms with Gasteiger partial charge in [0.05, 0.1) is 6.42 Å². The summed E-state index contributed by atoms with van der Waals surface area (Å²) in [6, 6.07) is 4.10. The molecule has 0 aliphatic carbocycles. The lowest BCUT2D eigenvalue weighted by atomic mass is 10.1. The van der Waals surface area contributed by atoms with Crippen molar-refractivity contribution in [3.8, 4) is 0 Å². The monoisotopic (exact) mass is 314 g/mol. The lowest BCUT2D eigenvalue weighted by Gasteiger charge is -2.06. The third-order valence-electron chi connectivity index (χ3n) is 2.70. The molecule has 0 saturated carbocycles. The zero-order valence-corrected chi connectivity index (χ0v) is 13.0. The quantitative estimate of drug-likeness (QED) is 0.660. The highest BCUT2D eigenvalue weighted by Gasteiger charge is 2.06. The molecule has 0 atom stereocenters. The standard InChI is InChI=1S/C14H22N2O.BrH/c1-12(2)4-8-15-14(17)7-11-16-9-5-13(3)6-10-16;/h5-6,9-10,12H,4,7-8,11H2,1-3H3;1H. The van der Waals surface area contributed by atoms with Crippen molar-refractivity contribution in [2.24, 2.45) is 5.92 Å². The van der Waals surface area contributed by atoms with Crippen LogP contribution in [0, 0.1) is 12.8 Å². The van der Waals surface area contributed by atoms with E-state index in [1.54, 1.807) is 0 Å². The number of nitrogens with zero attached hydrogens (tertiary/aromatic N) is 1. The first-order chi connectivity index (χ1) is 8.08. The average molecular weight is 315 g/mol. The summed E-state index contributed by atoms with van der Waals surface area (Å²) in [6.45, 7) is 7.91. The van der Waals surface area contributed by atoms with Gasteiger partial charge in [-0.05, 0) is 24.8 Å². The van der Waals surface area contributed by atoms with Crippen LogP contribution in [0.25, 0.3) is 0 Å². The zero-order valence-electron chi connectivity index (χ0n) is 11.4. The summed E-state index contributed by atoms with van der Waals surface area (Å²) in [4.78, 5) is 11.5. The zero-order chi connectivity index (χ0) is 12.7. The first-order valence-electron chi connectivity index (χ1n) is 6.30.